The van der Waals surface area contributed by atoms with Crippen LogP contribution in [-0.2, 0) is 4.74 Å². The van der Waals surface area contributed by atoms with Gasteiger partial charge < -0.3 is 14.6 Å². The normalized spacial score (nSPS) is 12.2. The van der Waals surface area contributed by atoms with Crippen LogP contribution >= 0.6 is 0 Å². The van der Waals surface area contributed by atoms with Crippen LogP contribution in [0, 0.1) is 6.92 Å². The third-order valence-electron chi connectivity index (χ3n) is 2.31. The molecule has 0 radical (unpaired) electrons. The Morgan fingerprint density at radius 1 is 1.50 bits per heavy atom. The molecule has 1 N–H and O–H groups in total. The van der Waals surface area contributed by atoms with Crippen molar-refractivity contribution in [1.29, 1.82) is 0 Å². The van der Waals surface area contributed by atoms with E-state index < -0.39 is 5.97 Å². The number of carboxylic acid groups (broad SMARTS) is 1. The molecule has 1 rings (SSSR count). The van der Waals surface area contributed by atoms with Crippen molar-refractivity contribution in [2.45, 2.75) is 20.0 Å². The fourth-order valence-corrected chi connectivity index (χ4v) is 1.16. The second-order valence-electron chi connectivity index (χ2n) is 3.64. The summed E-state index contributed by atoms with van der Waals surface area (Å²) in [5.74, 6) is -0.367. The predicted molar refractivity (Wildman–Crippen MR) is 60.1 cm³/mol. The summed E-state index contributed by atoms with van der Waals surface area (Å²) in [5, 5.41) is 8.84. The van der Waals surface area contributed by atoms with Crippen LogP contribution in [0.2, 0.25) is 0 Å². The second kappa shape index (κ2) is 5.51. The molecule has 1 aromatic carbocycles. The average molecular weight is 224 g/mol. The SMILES string of the molecule is COC(C)COc1cc(C(=O)O)ccc1C. The van der Waals surface area contributed by atoms with Crippen molar-refractivity contribution in [3.63, 3.8) is 0 Å². The van der Waals surface area contributed by atoms with Crippen LogP contribution < -0.4 is 4.74 Å². The lowest BCUT2D eigenvalue weighted by atomic mass is 10.1. The number of hydrogen-bond donors (Lipinski definition) is 1. The Labute approximate surface area is 94.8 Å². The van der Waals surface area contributed by atoms with Gasteiger partial charge in [-0.1, -0.05) is 6.07 Å². The van der Waals surface area contributed by atoms with Crippen LogP contribution in [-0.4, -0.2) is 30.9 Å². The number of aromatic carboxylic acids is 1. The van der Waals surface area contributed by atoms with Crippen LogP contribution in [0.4, 0.5) is 0 Å². The smallest absolute Gasteiger partial charge is 0.335 e. The van der Waals surface area contributed by atoms with E-state index in [2.05, 4.69) is 0 Å². The highest BCUT2D eigenvalue weighted by molar-refractivity contribution is 5.88. The minimum atomic E-state index is -0.954. The molecule has 0 aromatic heterocycles. The molecule has 0 aliphatic carbocycles. The molecule has 4 nitrogen and oxygen atoms in total. The van der Waals surface area contributed by atoms with Crippen LogP contribution in [0.25, 0.3) is 0 Å². The van der Waals surface area contributed by atoms with E-state index in [-0.39, 0.29) is 11.7 Å². The molecule has 88 valence electrons. The Morgan fingerprint density at radius 3 is 2.75 bits per heavy atom. The number of methoxy groups -OCH3 is 1. The summed E-state index contributed by atoms with van der Waals surface area (Å²) in [7, 11) is 1.61. The summed E-state index contributed by atoms with van der Waals surface area (Å²) in [6.07, 6.45) is -0.0205. The second-order valence-corrected chi connectivity index (χ2v) is 3.64. The largest absolute Gasteiger partial charge is 0.491 e. The van der Waals surface area contributed by atoms with Gasteiger partial charge >= 0.3 is 5.97 Å². The van der Waals surface area contributed by atoms with E-state index in [1.165, 1.54) is 6.07 Å². The molecule has 16 heavy (non-hydrogen) atoms. The van der Waals surface area contributed by atoms with E-state index in [4.69, 9.17) is 14.6 Å². The molecule has 0 saturated carbocycles. The summed E-state index contributed by atoms with van der Waals surface area (Å²) >= 11 is 0. The Bertz CT molecular complexity index is 373. The molecular formula is C12H16O4. The van der Waals surface area contributed by atoms with Crippen LogP contribution in [0.3, 0.4) is 0 Å². The monoisotopic (exact) mass is 224 g/mol. The maximum Gasteiger partial charge on any atom is 0.335 e. The van der Waals surface area contributed by atoms with Crippen LogP contribution in [0.1, 0.15) is 22.8 Å². The third-order valence-corrected chi connectivity index (χ3v) is 2.31. The maximum absolute atomic E-state index is 10.8. The Hall–Kier alpha value is -1.55. The molecule has 0 fully saturated rings. The van der Waals surface area contributed by atoms with Crippen molar-refractivity contribution in [3.8, 4) is 5.75 Å². The highest BCUT2D eigenvalue weighted by atomic mass is 16.5. The fourth-order valence-electron chi connectivity index (χ4n) is 1.16. The molecule has 0 aliphatic heterocycles. The number of aryl methyl sites for hydroxylation is 1. The summed E-state index contributed by atoms with van der Waals surface area (Å²) in [6.45, 7) is 4.16. The molecule has 1 atom stereocenters. The lowest BCUT2D eigenvalue weighted by Crippen LogP contribution is -2.16. The zero-order chi connectivity index (χ0) is 12.1. The van der Waals surface area contributed by atoms with E-state index in [0.29, 0.717) is 12.4 Å². The molecule has 1 unspecified atom stereocenters. The molecular weight excluding hydrogens is 208 g/mol. The number of benzene rings is 1. The lowest BCUT2D eigenvalue weighted by Gasteiger charge is -2.13. The molecule has 0 amide bonds. The highest BCUT2D eigenvalue weighted by Crippen LogP contribution is 2.19. The third kappa shape index (κ3) is 3.24. The van der Waals surface area contributed by atoms with Crippen molar-refractivity contribution in [2.75, 3.05) is 13.7 Å². The predicted octanol–water partition coefficient (Wildman–Crippen LogP) is 2.11. The molecule has 0 bridgehead atoms. The number of ether oxygens (including phenoxy) is 2. The molecule has 4 heteroatoms. The maximum atomic E-state index is 10.8. The zero-order valence-corrected chi connectivity index (χ0v) is 9.69. The van der Waals surface area contributed by atoms with Crippen LogP contribution in [0.5, 0.6) is 5.75 Å². The molecule has 0 heterocycles. The van der Waals surface area contributed by atoms with Gasteiger partial charge in [0.15, 0.2) is 0 Å². The van der Waals surface area contributed by atoms with E-state index >= 15 is 0 Å². The van der Waals surface area contributed by atoms with E-state index in [1.807, 2.05) is 13.8 Å². The van der Waals surface area contributed by atoms with Gasteiger partial charge in [-0.05, 0) is 31.5 Å². The Morgan fingerprint density at radius 2 is 2.19 bits per heavy atom. The van der Waals surface area contributed by atoms with E-state index in [0.717, 1.165) is 5.56 Å². The van der Waals surface area contributed by atoms with Gasteiger partial charge in [-0.15, -0.1) is 0 Å². The van der Waals surface area contributed by atoms with Gasteiger partial charge in [0.1, 0.15) is 12.4 Å². The van der Waals surface area contributed by atoms with Crippen LogP contribution in [0.15, 0.2) is 18.2 Å². The number of hydrogen-bond acceptors (Lipinski definition) is 3. The topological polar surface area (TPSA) is 55.8 Å². The minimum absolute atomic E-state index is 0.0205. The Balaban J connectivity index is 2.78. The number of carboxylic acids is 1. The van der Waals surface area contributed by atoms with Crippen molar-refractivity contribution in [2.24, 2.45) is 0 Å². The molecule has 1 aromatic rings. The number of carbonyl (C=O) groups is 1. The first-order valence-electron chi connectivity index (χ1n) is 5.04. The fraction of sp³-hybridized carbons (Fsp3) is 0.417. The highest BCUT2D eigenvalue weighted by Gasteiger charge is 2.08. The van der Waals surface area contributed by atoms with Crippen molar-refractivity contribution in [3.05, 3.63) is 29.3 Å². The van der Waals surface area contributed by atoms with Gasteiger partial charge in [0.05, 0.1) is 11.7 Å². The first kappa shape index (κ1) is 12.5. The summed E-state index contributed by atoms with van der Waals surface area (Å²) < 4.78 is 10.5. The van der Waals surface area contributed by atoms with Gasteiger partial charge in [-0.25, -0.2) is 4.79 Å². The zero-order valence-electron chi connectivity index (χ0n) is 9.69. The van der Waals surface area contributed by atoms with Gasteiger partial charge in [-0.2, -0.15) is 0 Å². The van der Waals surface area contributed by atoms with Gasteiger partial charge in [-0.3, -0.25) is 0 Å². The lowest BCUT2D eigenvalue weighted by molar-refractivity contribution is 0.0688. The summed E-state index contributed by atoms with van der Waals surface area (Å²) in [5.41, 5.74) is 1.14. The average Bonchev–Trinajstić information content (AvgIpc) is 2.27. The Kier molecular flexibility index (Phi) is 4.31. The summed E-state index contributed by atoms with van der Waals surface area (Å²) in [6, 6.07) is 4.82. The molecule has 0 spiro atoms. The van der Waals surface area contributed by atoms with E-state index in [9.17, 15) is 4.79 Å². The van der Waals surface area contributed by atoms with E-state index in [1.54, 1.807) is 19.2 Å². The summed E-state index contributed by atoms with van der Waals surface area (Å²) in [4.78, 5) is 10.8. The quantitative estimate of drug-likeness (QED) is 0.832. The first-order chi connectivity index (χ1) is 7.54. The standard InChI is InChI=1S/C12H16O4/c1-8-4-5-10(12(13)14)6-11(8)16-7-9(2)15-3/h4-6,9H,7H2,1-3H3,(H,13,14). The van der Waals surface area contributed by atoms with Crippen molar-refractivity contribution >= 4 is 5.97 Å². The van der Waals surface area contributed by atoms with Gasteiger partial charge in [0.2, 0.25) is 0 Å². The first-order valence-corrected chi connectivity index (χ1v) is 5.04. The molecule has 0 saturated heterocycles. The molecule has 0 aliphatic rings. The minimum Gasteiger partial charge on any atom is -0.491 e. The van der Waals surface area contributed by atoms with Gasteiger partial charge in [0, 0.05) is 7.11 Å². The van der Waals surface area contributed by atoms with Crippen molar-refractivity contribution < 1.29 is 19.4 Å². The van der Waals surface area contributed by atoms with Crippen molar-refractivity contribution in [1.82, 2.24) is 0 Å². The van der Waals surface area contributed by atoms with Gasteiger partial charge in [0.25, 0.3) is 0 Å². The number of rotatable bonds is 5.